The van der Waals surface area contributed by atoms with Crippen LogP contribution in [0.5, 0.6) is 11.8 Å². The molecule has 3 heterocycles. The molecule has 0 spiro atoms. The molecule has 6 rings (SSSR count). The standard InChI is InChI=1S/C38H52N6O9S/c1-7-51-32-27-14-10-11-15-28(27)33(42-41-32)52-25-19-29-31(45)40-38(35(47)43-54(49,50)26-16-17-26)20-24(38)13-9-8-12-22(2)18-23(3)30(34(46)44(29)21-25)39-36(48)53-37(4,5)6/h9-11,13-15,22-26,29-30H,7-8,12,16-21H2,1-6H3,(H,39,48)(H,40,45)(H,43,47)/b13-9-/t22-,23+,24+,25+,29-,30-,38+/m0/s1. The zero-order valence-electron chi connectivity index (χ0n) is 31.8. The number of sulfonamides is 1. The van der Waals surface area contributed by atoms with Crippen molar-refractivity contribution in [3.8, 4) is 11.8 Å². The monoisotopic (exact) mass is 768 g/mol. The van der Waals surface area contributed by atoms with Crippen LogP contribution in [0.3, 0.4) is 0 Å². The van der Waals surface area contributed by atoms with Gasteiger partial charge >= 0.3 is 6.09 Å². The summed E-state index contributed by atoms with van der Waals surface area (Å²) in [4.78, 5) is 57.5. The molecular formula is C38H52N6O9S. The Bertz CT molecular complexity index is 1910. The summed E-state index contributed by atoms with van der Waals surface area (Å²) >= 11 is 0. The molecule has 0 radical (unpaired) electrons. The van der Waals surface area contributed by atoms with Gasteiger partial charge in [0, 0.05) is 12.3 Å². The fourth-order valence-electron chi connectivity index (χ4n) is 7.48. The van der Waals surface area contributed by atoms with Crippen molar-refractivity contribution in [1.82, 2.24) is 30.5 Å². The van der Waals surface area contributed by atoms with Gasteiger partial charge in [0.15, 0.2) is 0 Å². The molecule has 16 heteroatoms. The molecule has 3 N–H and O–H groups in total. The van der Waals surface area contributed by atoms with Crippen LogP contribution in [0, 0.1) is 17.8 Å². The van der Waals surface area contributed by atoms with Crippen molar-refractivity contribution in [3.63, 3.8) is 0 Å². The number of hydrogen-bond acceptors (Lipinski definition) is 11. The van der Waals surface area contributed by atoms with Gasteiger partial charge in [-0.2, -0.15) is 0 Å². The summed E-state index contributed by atoms with van der Waals surface area (Å²) in [5.74, 6) is -2.06. The normalized spacial score (nSPS) is 29.8. The molecule has 2 aliphatic heterocycles. The molecule has 1 aromatic carbocycles. The van der Waals surface area contributed by atoms with Crippen LogP contribution in [0.4, 0.5) is 4.79 Å². The quantitative estimate of drug-likeness (QED) is 0.331. The van der Waals surface area contributed by atoms with E-state index in [1.165, 1.54) is 4.90 Å². The van der Waals surface area contributed by atoms with Crippen LogP contribution in [0.15, 0.2) is 36.4 Å². The molecule has 4 aliphatic rings. The Hall–Kier alpha value is -4.47. The van der Waals surface area contributed by atoms with E-state index < -0.39 is 74.3 Å². The lowest BCUT2D eigenvalue weighted by Crippen LogP contribution is -2.59. The van der Waals surface area contributed by atoms with E-state index in [-0.39, 0.29) is 37.1 Å². The van der Waals surface area contributed by atoms with Gasteiger partial charge in [-0.3, -0.25) is 19.1 Å². The summed E-state index contributed by atoms with van der Waals surface area (Å²) in [7, 11) is -3.90. The number of carbonyl (C=O) groups excluding carboxylic acids is 4. The first-order valence-electron chi connectivity index (χ1n) is 18.9. The third kappa shape index (κ3) is 8.74. The molecule has 1 aromatic heterocycles. The fourth-order valence-corrected chi connectivity index (χ4v) is 8.84. The summed E-state index contributed by atoms with van der Waals surface area (Å²) in [6, 6.07) is 5.12. The number of allylic oxidation sites excluding steroid dienone is 1. The largest absolute Gasteiger partial charge is 0.476 e. The van der Waals surface area contributed by atoms with E-state index in [1.807, 2.05) is 50.3 Å². The van der Waals surface area contributed by atoms with Gasteiger partial charge in [-0.1, -0.05) is 38.1 Å². The molecule has 54 heavy (non-hydrogen) atoms. The van der Waals surface area contributed by atoms with E-state index >= 15 is 0 Å². The average Bonchev–Trinajstić information content (AvgIpc) is 4.02. The second-order valence-electron chi connectivity index (χ2n) is 16.2. The molecule has 0 bridgehead atoms. The van der Waals surface area contributed by atoms with Crippen LogP contribution in [0.25, 0.3) is 10.8 Å². The Morgan fingerprint density at radius 3 is 2.39 bits per heavy atom. The molecule has 3 fully saturated rings. The van der Waals surface area contributed by atoms with Crippen molar-refractivity contribution < 1.29 is 41.8 Å². The number of nitrogens with zero attached hydrogens (tertiary/aromatic N) is 3. The minimum Gasteiger partial charge on any atom is -0.476 e. The number of fused-ring (bicyclic) bond motifs is 3. The number of hydrogen-bond donors (Lipinski definition) is 3. The van der Waals surface area contributed by atoms with Gasteiger partial charge in [-0.05, 0) is 90.2 Å². The molecule has 7 atom stereocenters. The third-order valence-corrected chi connectivity index (χ3v) is 12.3. The number of rotatable bonds is 8. The highest BCUT2D eigenvalue weighted by Gasteiger charge is 2.62. The first-order chi connectivity index (χ1) is 25.5. The zero-order chi connectivity index (χ0) is 39.0. The van der Waals surface area contributed by atoms with Crippen LogP contribution < -0.4 is 24.8 Å². The highest BCUT2D eigenvalue weighted by atomic mass is 32.2. The fraction of sp³-hybridized carbons (Fsp3) is 0.632. The van der Waals surface area contributed by atoms with Crippen molar-refractivity contribution >= 4 is 44.6 Å². The van der Waals surface area contributed by atoms with Gasteiger partial charge in [-0.15, -0.1) is 10.2 Å². The van der Waals surface area contributed by atoms with Crippen LogP contribution in [-0.2, 0) is 29.1 Å². The van der Waals surface area contributed by atoms with Crippen LogP contribution in [0.2, 0.25) is 0 Å². The molecule has 15 nitrogen and oxygen atoms in total. The summed E-state index contributed by atoms with van der Waals surface area (Å²) < 4.78 is 45.6. The minimum atomic E-state index is -3.90. The molecule has 1 saturated heterocycles. The molecule has 294 valence electrons. The van der Waals surface area contributed by atoms with E-state index in [1.54, 1.807) is 20.8 Å². The smallest absolute Gasteiger partial charge is 0.408 e. The predicted octanol–water partition coefficient (Wildman–Crippen LogP) is 3.77. The van der Waals surface area contributed by atoms with Crippen LogP contribution in [-0.4, -0.2) is 95.1 Å². The summed E-state index contributed by atoms with van der Waals surface area (Å²) in [6.07, 6.45) is 5.49. The first kappa shape index (κ1) is 39.2. The maximum Gasteiger partial charge on any atom is 0.408 e. The highest BCUT2D eigenvalue weighted by molar-refractivity contribution is 7.91. The van der Waals surface area contributed by atoms with E-state index in [9.17, 15) is 27.6 Å². The number of ether oxygens (including phenoxy) is 3. The Balaban J connectivity index is 1.35. The second kappa shape index (κ2) is 15.3. The van der Waals surface area contributed by atoms with Gasteiger partial charge in [-0.25, -0.2) is 13.2 Å². The number of aromatic nitrogens is 2. The number of benzene rings is 1. The summed E-state index contributed by atoms with van der Waals surface area (Å²) in [6.45, 7) is 11.3. The molecular weight excluding hydrogens is 717 g/mol. The molecule has 0 unspecified atom stereocenters. The number of amides is 4. The van der Waals surface area contributed by atoms with Gasteiger partial charge in [0.05, 0.1) is 29.2 Å². The lowest BCUT2D eigenvalue weighted by molar-refractivity contribution is -0.142. The maximum absolute atomic E-state index is 14.7. The van der Waals surface area contributed by atoms with Crippen LogP contribution in [0.1, 0.15) is 86.5 Å². The molecule has 2 aromatic rings. The van der Waals surface area contributed by atoms with Crippen LogP contribution >= 0.6 is 0 Å². The van der Waals surface area contributed by atoms with Gasteiger partial charge in [0.25, 0.3) is 5.91 Å². The Kier molecular flexibility index (Phi) is 11.1. The number of alkyl carbamates (subject to hydrolysis) is 1. The zero-order valence-corrected chi connectivity index (χ0v) is 32.6. The van der Waals surface area contributed by atoms with Crippen molar-refractivity contribution in [2.75, 3.05) is 13.2 Å². The van der Waals surface area contributed by atoms with Gasteiger partial charge < -0.3 is 29.7 Å². The molecule has 2 aliphatic carbocycles. The van der Waals surface area contributed by atoms with Crippen molar-refractivity contribution in [1.29, 1.82) is 0 Å². The van der Waals surface area contributed by atoms with E-state index in [2.05, 4.69) is 32.5 Å². The lowest BCUT2D eigenvalue weighted by atomic mass is 9.88. The molecule has 2 saturated carbocycles. The highest BCUT2D eigenvalue weighted by Crippen LogP contribution is 2.46. The molecule has 4 amide bonds. The Morgan fingerprint density at radius 1 is 1.04 bits per heavy atom. The van der Waals surface area contributed by atoms with E-state index in [0.717, 1.165) is 6.42 Å². The van der Waals surface area contributed by atoms with Crippen molar-refractivity contribution in [2.24, 2.45) is 17.8 Å². The SMILES string of the molecule is CCOc1nnc(O[C@@H]2C[C@H]3C(=O)N[C@]4(C(=O)NS(=O)(=O)C5CC5)C[C@H]4/C=C\CC[C@H](C)C[C@@H](C)[C@H](NC(=O)OC(C)(C)C)C(=O)N3C2)c2ccccc12. The maximum atomic E-state index is 14.7. The van der Waals surface area contributed by atoms with Gasteiger partial charge in [0.2, 0.25) is 33.6 Å². The van der Waals surface area contributed by atoms with Crippen molar-refractivity contribution in [3.05, 3.63) is 36.4 Å². The average molecular weight is 769 g/mol. The van der Waals surface area contributed by atoms with E-state index in [4.69, 9.17) is 14.2 Å². The summed E-state index contributed by atoms with van der Waals surface area (Å²) in [5, 5.41) is 14.9. The van der Waals surface area contributed by atoms with E-state index in [0.29, 0.717) is 48.9 Å². The van der Waals surface area contributed by atoms with Gasteiger partial charge in [0.1, 0.15) is 29.3 Å². The first-order valence-corrected chi connectivity index (χ1v) is 20.5. The number of carbonyl (C=O) groups is 4. The number of nitrogens with one attached hydrogen (secondary N) is 3. The Morgan fingerprint density at radius 2 is 1.72 bits per heavy atom. The minimum absolute atomic E-state index is 0.0172. The summed E-state index contributed by atoms with van der Waals surface area (Å²) in [5.41, 5.74) is -2.34. The predicted molar refractivity (Wildman–Crippen MR) is 199 cm³/mol. The Labute approximate surface area is 316 Å². The topological polar surface area (TPSA) is 195 Å². The second-order valence-corrected chi connectivity index (χ2v) is 18.1. The van der Waals surface area contributed by atoms with Crippen molar-refractivity contribution in [2.45, 2.75) is 121 Å². The lowest BCUT2D eigenvalue weighted by Gasteiger charge is -2.33. The third-order valence-electron chi connectivity index (χ3n) is 10.5.